The third kappa shape index (κ3) is 2.97. The van der Waals surface area contributed by atoms with Crippen LogP contribution in [0, 0.1) is 0 Å². The van der Waals surface area contributed by atoms with Crippen LogP contribution in [-0.4, -0.2) is 29.5 Å². The molecule has 0 unspecified atom stereocenters. The molecule has 2 aliphatic heterocycles. The van der Waals surface area contributed by atoms with Gasteiger partial charge in [0.1, 0.15) is 11.4 Å². The standard InChI is InChI=1S/C18H23NO2/c1-2-3-8-17(20)19-13-11-18(12-14-19)10-9-15-6-4-5-7-16(15)21-18/h2,4-7H,1,3,8-14H2. The number of allylic oxidation sites excluding steroid dienone is 1. The maximum Gasteiger partial charge on any atom is 0.222 e. The molecule has 2 aliphatic rings. The Bertz CT molecular complexity index is 530. The number of para-hydroxylation sites is 1. The number of likely N-dealkylation sites (tertiary alicyclic amines) is 1. The van der Waals surface area contributed by atoms with Gasteiger partial charge in [-0.2, -0.15) is 0 Å². The van der Waals surface area contributed by atoms with Crippen molar-refractivity contribution in [3.8, 4) is 5.75 Å². The Morgan fingerprint density at radius 1 is 1.29 bits per heavy atom. The summed E-state index contributed by atoms with van der Waals surface area (Å²) in [5.41, 5.74) is 1.26. The third-order valence-electron chi connectivity index (χ3n) is 4.74. The molecule has 112 valence electrons. The minimum Gasteiger partial charge on any atom is -0.487 e. The number of nitrogens with zero attached hydrogens (tertiary/aromatic N) is 1. The van der Waals surface area contributed by atoms with Crippen molar-refractivity contribution in [2.24, 2.45) is 0 Å². The summed E-state index contributed by atoms with van der Waals surface area (Å²) < 4.78 is 6.32. The summed E-state index contributed by atoms with van der Waals surface area (Å²) in [4.78, 5) is 14.0. The zero-order chi connectivity index (χ0) is 14.7. The van der Waals surface area contributed by atoms with Gasteiger partial charge in [-0.1, -0.05) is 24.3 Å². The molecule has 2 heterocycles. The number of rotatable bonds is 3. The minimum absolute atomic E-state index is 0.0520. The molecular weight excluding hydrogens is 262 g/mol. The molecule has 1 amide bonds. The van der Waals surface area contributed by atoms with E-state index in [1.165, 1.54) is 5.56 Å². The van der Waals surface area contributed by atoms with E-state index in [9.17, 15) is 4.79 Å². The molecule has 21 heavy (non-hydrogen) atoms. The number of hydrogen-bond donors (Lipinski definition) is 0. The molecule has 3 heteroatoms. The average molecular weight is 285 g/mol. The first-order chi connectivity index (χ1) is 10.2. The van der Waals surface area contributed by atoms with E-state index in [1.807, 2.05) is 17.0 Å². The number of hydrogen-bond acceptors (Lipinski definition) is 2. The van der Waals surface area contributed by atoms with Gasteiger partial charge >= 0.3 is 0 Å². The summed E-state index contributed by atoms with van der Waals surface area (Å²) >= 11 is 0. The van der Waals surface area contributed by atoms with Crippen LogP contribution in [0.15, 0.2) is 36.9 Å². The molecule has 0 radical (unpaired) electrons. The van der Waals surface area contributed by atoms with Crippen molar-refractivity contribution < 1.29 is 9.53 Å². The lowest BCUT2D eigenvalue weighted by molar-refractivity contribution is -0.135. The normalized spacial score (nSPS) is 19.7. The van der Waals surface area contributed by atoms with E-state index in [0.29, 0.717) is 6.42 Å². The van der Waals surface area contributed by atoms with E-state index in [-0.39, 0.29) is 11.5 Å². The lowest BCUT2D eigenvalue weighted by atomic mass is 9.83. The zero-order valence-electron chi connectivity index (χ0n) is 12.5. The van der Waals surface area contributed by atoms with Crippen molar-refractivity contribution >= 4 is 5.91 Å². The van der Waals surface area contributed by atoms with Gasteiger partial charge in [-0.25, -0.2) is 0 Å². The summed E-state index contributed by atoms with van der Waals surface area (Å²) in [6.07, 6.45) is 7.21. The molecule has 1 spiro atoms. The van der Waals surface area contributed by atoms with Crippen molar-refractivity contribution in [1.29, 1.82) is 0 Å². The van der Waals surface area contributed by atoms with Crippen LogP contribution in [0.25, 0.3) is 0 Å². The Hall–Kier alpha value is -1.77. The highest BCUT2D eigenvalue weighted by Crippen LogP contribution is 2.39. The molecule has 1 saturated heterocycles. The molecule has 3 rings (SSSR count). The fraction of sp³-hybridized carbons (Fsp3) is 0.500. The van der Waals surface area contributed by atoms with Gasteiger partial charge in [0.15, 0.2) is 0 Å². The van der Waals surface area contributed by atoms with Gasteiger partial charge in [0.05, 0.1) is 0 Å². The fourth-order valence-corrected chi connectivity index (χ4v) is 3.36. The summed E-state index contributed by atoms with van der Waals surface area (Å²) in [6.45, 7) is 5.31. The van der Waals surface area contributed by atoms with Gasteiger partial charge in [0.2, 0.25) is 5.91 Å². The van der Waals surface area contributed by atoms with Gasteiger partial charge in [0, 0.05) is 32.4 Å². The van der Waals surface area contributed by atoms with Crippen LogP contribution in [0.3, 0.4) is 0 Å². The van der Waals surface area contributed by atoms with Gasteiger partial charge in [-0.05, 0) is 30.9 Å². The van der Waals surface area contributed by atoms with Crippen LogP contribution in [0.2, 0.25) is 0 Å². The number of ether oxygens (including phenoxy) is 1. The molecule has 1 fully saturated rings. The van der Waals surface area contributed by atoms with Gasteiger partial charge in [0.25, 0.3) is 0 Å². The van der Waals surface area contributed by atoms with E-state index in [0.717, 1.165) is 50.9 Å². The Morgan fingerprint density at radius 3 is 2.81 bits per heavy atom. The highest BCUT2D eigenvalue weighted by Gasteiger charge is 2.40. The molecule has 0 saturated carbocycles. The summed E-state index contributed by atoms with van der Waals surface area (Å²) in [6, 6.07) is 8.32. The minimum atomic E-state index is -0.0520. The molecule has 3 nitrogen and oxygen atoms in total. The molecule has 0 atom stereocenters. The third-order valence-corrected chi connectivity index (χ3v) is 4.74. The first kappa shape index (κ1) is 14.2. The maximum atomic E-state index is 12.1. The van der Waals surface area contributed by atoms with Gasteiger partial charge in [-0.15, -0.1) is 6.58 Å². The van der Waals surface area contributed by atoms with Crippen LogP contribution in [0.1, 0.15) is 37.7 Å². The van der Waals surface area contributed by atoms with Crippen molar-refractivity contribution in [3.63, 3.8) is 0 Å². The van der Waals surface area contributed by atoms with E-state index >= 15 is 0 Å². The summed E-state index contributed by atoms with van der Waals surface area (Å²) in [5, 5.41) is 0. The predicted molar refractivity (Wildman–Crippen MR) is 83.4 cm³/mol. The monoisotopic (exact) mass is 285 g/mol. The fourth-order valence-electron chi connectivity index (χ4n) is 3.36. The lowest BCUT2D eigenvalue weighted by Crippen LogP contribution is -2.51. The number of carbonyl (C=O) groups excluding carboxylic acids is 1. The number of aryl methyl sites for hydroxylation is 1. The smallest absolute Gasteiger partial charge is 0.222 e. The Labute approximate surface area is 126 Å². The summed E-state index contributed by atoms with van der Waals surface area (Å²) in [5.74, 6) is 1.29. The largest absolute Gasteiger partial charge is 0.487 e. The van der Waals surface area contributed by atoms with Crippen molar-refractivity contribution in [1.82, 2.24) is 4.90 Å². The predicted octanol–water partition coefficient (Wildman–Crippen LogP) is 3.34. The van der Waals surface area contributed by atoms with Crippen LogP contribution >= 0.6 is 0 Å². The Kier molecular flexibility index (Phi) is 4.00. The van der Waals surface area contributed by atoms with Crippen LogP contribution in [0.4, 0.5) is 0 Å². The van der Waals surface area contributed by atoms with Gasteiger partial charge in [-0.3, -0.25) is 4.79 Å². The second kappa shape index (κ2) is 5.92. The molecule has 0 aromatic heterocycles. The number of piperidine rings is 1. The molecule has 0 aliphatic carbocycles. The zero-order valence-corrected chi connectivity index (χ0v) is 12.5. The highest BCUT2D eigenvalue weighted by molar-refractivity contribution is 5.76. The topological polar surface area (TPSA) is 29.5 Å². The number of fused-ring (bicyclic) bond motifs is 1. The maximum absolute atomic E-state index is 12.1. The second-order valence-corrected chi connectivity index (χ2v) is 6.10. The first-order valence-electron chi connectivity index (χ1n) is 7.88. The van der Waals surface area contributed by atoms with Crippen LogP contribution in [0.5, 0.6) is 5.75 Å². The quantitative estimate of drug-likeness (QED) is 0.797. The number of amides is 1. The van der Waals surface area contributed by atoms with E-state index in [2.05, 4.69) is 24.8 Å². The first-order valence-corrected chi connectivity index (χ1v) is 7.88. The van der Waals surface area contributed by atoms with E-state index < -0.39 is 0 Å². The van der Waals surface area contributed by atoms with E-state index in [4.69, 9.17) is 4.74 Å². The Morgan fingerprint density at radius 2 is 2.05 bits per heavy atom. The lowest BCUT2D eigenvalue weighted by Gasteiger charge is -2.44. The highest BCUT2D eigenvalue weighted by atomic mass is 16.5. The summed E-state index contributed by atoms with van der Waals surface area (Å²) in [7, 11) is 0. The van der Waals surface area contributed by atoms with Crippen LogP contribution in [-0.2, 0) is 11.2 Å². The SMILES string of the molecule is C=CCCC(=O)N1CCC2(CCc3ccccc3O2)CC1. The molecule has 0 N–H and O–H groups in total. The molecule has 1 aromatic rings. The van der Waals surface area contributed by atoms with E-state index in [1.54, 1.807) is 0 Å². The number of benzene rings is 1. The molecule has 1 aromatic carbocycles. The second-order valence-electron chi connectivity index (χ2n) is 6.10. The van der Waals surface area contributed by atoms with Crippen molar-refractivity contribution in [2.45, 2.75) is 44.1 Å². The number of carbonyl (C=O) groups is 1. The van der Waals surface area contributed by atoms with Crippen LogP contribution < -0.4 is 4.74 Å². The molecule has 0 bridgehead atoms. The Balaban J connectivity index is 1.61. The average Bonchev–Trinajstić information content (AvgIpc) is 2.53. The van der Waals surface area contributed by atoms with Crippen molar-refractivity contribution in [3.05, 3.63) is 42.5 Å². The van der Waals surface area contributed by atoms with Gasteiger partial charge < -0.3 is 9.64 Å². The van der Waals surface area contributed by atoms with Crippen molar-refractivity contribution in [2.75, 3.05) is 13.1 Å². The molecular formula is C18H23NO2.